The number of carbonyl (C=O) groups excluding carboxylic acids is 1. The summed E-state index contributed by atoms with van der Waals surface area (Å²) >= 11 is 8.89. The molecule has 0 spiro atoms. The monoisotopic (exact) mass is 406 g/mol. The third kappa shape index (κ3) is 3.39. The van der Waals surface area contributed by atoms with Crippen LogP contribution in [0.25, 0.3) is 10.2 Å². The first-order chi connectivity index (χ1) is 12.5. The molecule has 1 amide bonds. The van der Waals surface area contributed by atoms with E-state index in [2.05, 4.69) is 26.0 Å². The van der Waals surface area contributed by atoms with Crippen LogP contribution in [-0.4, -0.2) is 30.1 Å². The lowest BCUT2D eigenvalue weighted by atomic mass is 10.1. The lowest BCUT2D eigenvalue weighted by molar-refractivity contribution is 0.0920. The maximum atomic E-state index is 13.2. The summed E-state index contributed by atoms with van der Waals surface area (Å²) in [5.74, 6) is -0.0640. The fourth-order valence-corrected chi connectivity index (χ4v) is 5.16. The molecule has 1 saturated heterocycles. The van der Waals surface area contributed by atoms with Crippen molar-refractivity contribution in [1.29, 1.82) is 0 Å². The van der Waals surface area contributed by atoms with Gasteiger partial charge < -0.3 is 4.74 Å². The van der Waals surface area contributed by atoms with Gasteiger partial charge in [-0.15, -0.1) is 11.3 Å². The number of benzene rings is 1. The molecule has 3 heterocycles. The predicted molar refractivity (Wildman–Crippen MR) is 109 cm³/mol. The summed E-state index contributed by atoms with van der Waals surface area (Å²) in [6, 6.07) is 7.72. The van der Waals surface area contributed by atoms with Gasteiger partial charge in [0, 0.05) is 6.61 Å². The van der Waals surface area contributed by atoms with Crippen LogP contribution in [0.2, 0.25) is 4.34 Å². The van der Waals surface area contributed by atoms with E-state index in [0.717, 1.165) is 40.4 Å². The molecule has 4 nitrogen and oxygen atoms in total. The summed E-state index contributed by atoms with van der Waals surface area (Å²) < 4.78 is 7.48. The van der Waals surface area contributed by atoms with Crippen molar-refractivity contribution in [2.45, 2.75) is 32.8 Å². The second-order valence-corrected chi connectivity index (χ2v) is 9.23. The summed E-state index contributed by atoms with van der Waals surface area (Å²) in [6.45, 7) is 5.44. The molecule has 3 aromatic rings. The molecule has 1 aromatic carbocycles. The molecular formula is C19H19ClN2O2S2. The minimum Gasteiger partial charge on any atom is -0.376 e. The number of amides is 1. The van der Waals surface area contributed by atoms with Gasteiger partial charge >= 0.3 is 0 Å². The highest BCUT2D eigenvalue weighted by Crippen LogP contribution is 2.34. The number of anilines is 1. The quantitative estimate of drug-likeness (QED) is 0.578. The Bertz CT molecular complexity index is 960. The zero-order valence-corrected chi connectivity index (χ0v) is 17.0. The van der Waals surface area contributed by atoms with Gasteiger partial charge in [0.05, 0.1) is 32.1 Å². The molecule has 7 heteroatoms. The predicted octanol–water partition coefficient (Wildman–Crippen LogP) is 5.45. The van der Waals surface area contributed by atoms with Crippen LogP contribution in [-0.2, 0) is 4.74 Å². The lowest BCUT2D eigenvalue weighted by Gasteiger charge is -2.22. The van der Waals surface area contributed by atoms with E-state index in [0.29, 0.717) is 15.8 Å². The van der Waals surface area contributed by atoms with Crippen LogP contribution >= 0.6 is 34.3 Å². The van der Waals surface area contributed by atoms with Gasteiger partial charge in [-0.1, -0.05) is 29.0 Å². The molecular weight excluding hydrogens is 388 g/mol. The fourth-order valence-electron chi connectivity index (χ4n) is 3.13. The standard InChI is InChI=1S/C19H19ClN2O2S2/c1-11-5-6-14-17(12(11)2)21-19(26-14)22(10-13-4-3-9-24-13)18(23)15-7-8-16(20)25-15/h5-8,13H,3-4,9-10H2,1-2H3. The Labute approximate surface area is 165 Å². The van der Waals surface area contributed by atoms with Crippen molar-refractivity contribution < 1.29 is 9.53 Å². The van der Waals surface area contributed by atoms with Crippen molar-refractivity contribution in [1.82, 2.24) is 4.98 Å². The second-order valence-electron chi connectivity index (χ2n) is 6.51. The second kappa shape index (κ2) is 7.27. The molecule has 4 rings (SSSR count). The zero-order valence-electron chi connectivity index (χ0n) is 14.6. The van der Waals surface area contributed by atoms with Gasteiger partial charge in [0.25, 0.3) is 5.91 Å². The molecule has 1 fully saturated rings. The van der Waals surface area contributed by atoms with Crippen molar-refractivity contribution in [2.75, 3.05) is 18.1 Å². The van der Waals surface area contributed by atoms with Gasteiger partial charge in [-0.2, -0.15) is 0 Å². The third-order valence-corrected chi connectivity index (χ3v) is 7.01. The number of rotatable bonds is 4. The van der Waals surface area contributed by atoms with E-state index in [4.69, 9.17) is 21.3 Å². The molecule has 2 aromatic heterocycles. The van der Waals surface area contributed by atoms with Crippen LogP contribution in [0.1, 0.15) is 33.6 Å². The van der Waals surface area contributed by atoms with Crippen molar-refractivity contribution in [3.63, 3.8) is 0 Å². The molecule has 26 heavy (non-hydrogen) atoms. The smallest absolute Gasteiger partial charge is 0.270 e. The topological polar surface area (TPSA) is 42.4 Å². The summed E-state index contributed by atoms with van der Waals surface area (Å²) in [5.41, 5.74) is 3.34. The lowest BCUT2D eigenvalue weighted by Crippen LogP contribution is -2.37. The summed E-state index contributed by atoms with van der Waals surface area (Å²) in [7, 11) is 0. The number of hydrogen-bond donors (Lipinski definition) is 0. The Morgan fingerprint density at radius 2 is 2.15 bits per heavy atom. The highest BCUT2D eigenvalue weighted by Gasteiger charge is 2.28. The van der Waals surface area contributed by atoms with Crippen LogP contribution in [0.5, 0.6) is 0 Å². The number of thiophene rings is 1. The Balaban J connectivity index is 1.74. The number of halogens is 1. The van der Waals surface area contributed by atoms with Gasteiger partial charge in [-0.05, 0) is 56.0 Å². The Kier molecular flexibility index (Phi) is 5.01. The third-order valence-electron chi connectivity index (χ3n) is 4.74. The molecule has 0 N–H and O–H groups in total. The first-order valence-corrected chi connectivity index (χ1v) is 10.6. The first kappa shape index (κ1) is 17.9. The molecule has 1 unspecified atom stereocenters. The van der Waals surface area contributed by atoms with Gasteiger partial charge in [0.1, 0.15) is 0 Å². The largest absolute Gasteiger partial charge is 0.376 e. The van der Waals surface area contributed by atoms with Crippen molar-refractivity contribution in [3.05, 3.63) is 44.6 Å². The van der Waals surface area contributed by atoms with E-state index in [1.165, 1.54) is 16.9 Å². The summed E-state index contributed by atoms with van der Waals surface area (Å²) in [6.07, 6.45) is 2.07. The van der Waals surface area contributed by atoms with Gasteiger partial charge in [0.2, 0.25) is 0 Å². The molecule has 0 saturated carbocycles. The Morgan fingerprint density at radius 3 is 2.85 bits per heavy atom. The molecule has 0 bridgehead atoms. The number of fused-ring (bicyclic) bond motifs is 1. The van der Waals surface area contributed by atoms with E-state index in [1.54, 1.807) is 28.4 Å². The van der Waals surface area contributed by atoms with Crippen molar-refractivity contribution in [3.8, 4) is 0 Å². The van der Waals surface area contributed by atoms with E-state index < -0.39 is 0 Å². The van der Waals surface area contributed by atoms with E-state index in [9.17, 15) is 4.79 Å². The Hall–Kier alpha value is -1.47. The van der Waals surface area contributed by atoms with E-state index in [1.807, 2.05) is 0 Å². The molecule has 136 valence electrons. The average Bonchev–Trinajstić information content (AvgIpc) is 3.36. The van der Waals surface area contributed by atoms with Crippen LogP contribution in [0.15, 0.2) is 24.3 Å². The molecule has 1 aliphatic heterocycles. The normalized spacial score (nSPS) is 17.1. The SMILES string of the molecule is Cc1ccc2sc(N(CC3CCCO3)C(=O)c3ccc(Cl)s3)nc2c1C. The molecule has 0 radical (unpaired) electrons. The number of thiazole rings is 1. The summed E-state index contributed by atoms with van der Waals surface area (Å²) in [5, 5.41) is 0.721. The van der Waals surface area contributed by atoms with Crippen LogP contribution in [0, 0.1) is 13.8 Å². The maximum absolute atomic E-state index is 13.2. The van der Waals surface area contributed by atoms with Crippen LogP contribution < -0.4 is 4.90 Å². The highest BCUT2D eigenvalue weighted by molar-refractivity contribution is 7.22. The van der Waals surface area contributed by atoms with Gasteiger partial charge in [-0.3, -0.25) is 9.69 Å². The molecule has 1 aliphatic rings. The Morgan fingerprint density at radius 1 is 1.31 bits per heavy atom. The van der Waals surface area contributed by atoms with E-state index in [-0.39, 0.29) is 12.0 Å². The van der Waals surface area contributed by atoms with Crippen molar-refractivity contribution in [2.24, 2.45) is 0 Å². The fraction of sp³-hybridized carbons (Fsp3) is 0.368. The zero-order chi connectivity index (χ0) is 18.3. The number of nitrogens with zero attached hydrogens (tertiary/aromatic N) is 2. The van der Waals surface area contributed by atoms with Gasteiger partial charge in [-0.25, -0.2) is 4.98 Å². The number of aryl methyl sites for hydroxylation is 2. The number of aromatic nitrogens is 1. The summed E-state index contributed by atoms with van der Waals surface area (Å²) in [4.78, 5) is 20.4. The highest BCUT2D eigenvalue weighted by atomic mass is 35.5. The number of ether oxygens (including phenoxy) is 1. The number of hydrogen-bond acceptors (Lipinski definition) is 5. The van der Waals surface area contributed by atoms with Gasteiger partial charge in [0.15, 0.2) is 5.13 Å². The van der Waals surface area contributed by atoms with Crippen LogP contribution in [0.3, 0.4) is 0 Å². The van der Waals surface area contributed by atoms with E-state index >= 15 is 0 Å². The maximum Gasteiger partial charge on any atom is 0.270 e. The minimum absolute atomic E-state index is 0.0595. The van der Waals surface area contributed by atoms with Crippen molar-refractivity contribution >= 4 is 55.5 Å². The first-order valence-electron chi connectivity index (χ1n) is 8.58. The minimum atomic E-state index is -0.0640. The number of carbonyl (C=O) groups is 1. The molecule has 1 atom stereocenters. The van der Waals surface area contributed by atoms with Crippen LogP contribution in [0.4, 0.5) is 5.13 Å². The molecule has 0 aliphatic carbocycles. The average molecular weight is 407 g/mol.